The van der Waals surface area contributed by atoms with Crippen LogP contribution in [-0.4, -0.2) is 20.9 Å². The van der Waals surface area contributed by atoms with E-state index in [1.165, 1.54) is 30.3 Å². The summed E-state index contributed by atoms with van der Waals surface area (Å²) in [4.78, 5) is 12.9. The van der Waals surface area contributed by atoms with E-state index in [2.05, 4.69) is 21.2 Å². The molecule has 3 aromatic carbocycles. The largest absolute Gasteiger partial charge is 0.325 e. The van der Waals surface area contributed by atoms with Gasteiger partial charge in [0.25, 0.3) is 10.0 Å². The molecule has 0 bridgehead atoms. The Balaban J connectivity index is 1.97. The van der Waals surface area contributed by atoms with Crippen LogP contribution in [0, 0.1) is 13.8 Å². The molecule has 0 saturated carbocycles. The summed E-state index contributed by atoms with van der Waals surface area (Å²) in [7, 11) is -4.04. The van der Waals surface area contributed by atoms with E-state index in [1.54, 1.807) is 24.3 Å². The molecule has 1 amide bonds. The van der Waals surface area contributed by atoms with E-state index in [1.807, 2.05) is 19.9 Å². The van der Waals surface area contributed by atoms with E-state index in [9.17, 15) is 13.2 Å². The molecule has 0 atom stereocenters. The van der Waals surface area contributed by atoms with Crippen LogP contribution in [0.2, 0.25) is 10.0 Å². The van der Waals surface area contributed by atoms with E-state index in [-0.39, 0.29) is 20.6 Å². The molecule has 31 heavy (non-hydrogen) atoms. The Morgan fingerprint density at radius 2 is 1.65 bits per heavy atom. The van der Waals surface area contributed by atoms with Crippen molar-refractivity contribution in [2.45, 2.75) is 18.7 Å². The summed E-state index contributed by atoms with van der Waals surface area (Å²) in [6, 6.07) is 16.2. The number of nitrogens with zero attached hydrogens (tertiary/aromatic N) is 1. The molecule has 0 radical (unpaired) electrons. The molecule has 0 aliphatic carbocycles. The highest BCUT2D eigenvalue weighted by Crippen LogP contribution is 2.30. The average Bonchev–Trinajstić information content (AvgIpc) is 2.71. The number of aryl methyl sites for hydroxylation is 2. The predicted molar refractivity (Wildman–Crippen MR) is 130 cm³/mol. The van der Waals surface area contributed by atoms with Gasteiger partial charge in [0.05, 0.1) is 20.6 Å². The lowest BCUT2D eigenvalue weighted by atomic mass is 10.2. The van der Waals surface area contributed by atoms with E-state index < -0.39 is 22.5 Å². The summed E-state index contributed by atoms with van der Waals surface area (Å²) in [5.41, 5.74) is 2.65. The fraction of sp³-hybridized carbons (Fsp3) is 0.136. The van der Waals surface area contributed by atoms with Gasteiger partial charge in [-0.3, -0.25) is 9.10 Å². The molecule has 1 N–H and O–H groups in total. The van der Waals surface area contributed by atoms with Crippen molar-refractivity contribution in [3.05, 3.63) is 86.3 Å². The maximum absolute atomic E-state index is 13.4. The monoisotopic (exact) mass is 540 g/mol. The van der Waals surface area contributed by atoms with Gasteiger partial charge in [-0.1, -0.05) is 56.8 Å². The van der Waals surface area contributed by atoms with Crippen LogP contribution in [0.4, 0.5) is 11.4 Å². The highest BCUT2D eigenvalue weighted by atomic mass is 79.9. The van der Waals surface area contributed by atoms with Gasteiger partial charge in [-0.2, -0.15) is 0 Å². The zero-order valence-corrected chi connectivity index (χ0v) is 20.6. The van der Waals surface area contributed by atoms with Gasteiger partial charge >= 0.3 is 0 Å². The highest BCUT2D eigenvalue weighted by Gasteiger charge is 2.27. The predicted octanol–water partition coefficient (Wildman–Crippen LogP) is 6.21. The molecular formula is C22H19BrCl2N2O3S. The quantitative estimate of drug-likeness (QED) is 0.403. The van der Waals surface area contributed by atoms with Crippen molar-refractivity contribution in [1.29, 1.82) is 0 Å². The van der Waals surface area contributed by atoms with E-state index in [0.717, 1.165) is 19.9 Å². The molecule has 0 heterocycles. The second kappa shape index (κ2) is 9.61. The lowest BCUT2D eigenvalue weighted by molar-refractivity contribution is -0.114. The molecule has 0 spiro atoms. The normalized spacial score (nSPS) is 11.3. The van der Waals surface area contributed by atoms with Crippen molar-refractivity contribution >= 4 is 66.4 Å². The third-order valence-corrected chi connectivity index (χ3v) is 7.95. The maximum atomic E-state index is 13.4. The third kappa shape index (κ3) is 5.60. The molecule has 3 aromatic rings. The number of sulfonamides is 1. The summed E-state index contributed by atoms with van der Waals surface area (Å²) < 4.78 is 28.7. The van der Waals surface area contributed by atoms with Crippen LogP contribution < -0.4 is 9.62 Å². The van der Waals surface area contributed by atoms with Gasteiger partial charge < -0.3 is 5.32 Å². The van der Waals surface area contributed by atoms with Gasteiger partial charge in [0.1, 0.15) is 6.54 Å². The van der Waals surface area contributed by atoms with E-state index in [0.29, 0.717) is 5.69 Å². The fourth-order valence-electron chi connectivity index (χ4n) is 2.85. The van der Waals surface area contributed by atoms with Crippen molar-refractivity contribution in [3.8, 4) is 0 Å². The number of anilines is 2. The Bertz CT molecular complexity index is 1230. The van der Waals surface area contributed by atoms with Gasteiger partial charge in [-0.15, -0.1) is 0 Å². The van der Waals surface area contributed by atoms with Crippen molar-refractivity contribution < 1.29 is 13.2 Å². The second-order valence-corrected chi connectivity index (χ2v) is 10.5. The minimum Gasteiger partial charge on any atom is -0.325 e. The molecule has 162 valence electrons. The Kier molecular flexibility index (Phi) is 7.31. The van der Waals surface area contributed by atoms with Crippen molar-refractivity contribution in [3.63, 3.8) is 0 Å². The number of benzene rings is 3. The SMILES string of the molecule is Cc1ccc(S(=O)(=O)N(CC(=O)Nc2ccc(Br)c(C)c2)c2ccc(Cl)c(Cl)c2)cc1. The van der Waals surface area contributed by atoms with Gasteiger partial charge in [-0.25, -0.2) is 8.42 Å². The fourth-order valence-corrected chi connectivity index (χ4v) is 4.80. The number of carbonyl (C=O) groups excluding carboxylic acids is 1. The van der Waals surface area contributed by atoms with Crippen molar-refractivity contribution in [1.82, 2.24) is 0 Å². The minimum absolute atomic E-state index is 0.0662. The number of hydrogen-bond donors (Lipinski definition) is 1. The molecule has 5 nitrogen and oxygen atoms in total. The number of amides is 1. The minimum atomic E-state index is -4.04. The molecule has 0 unspecified atom stereocenters. The number of hydrogen-bond acceptors (Lipinski definition) is 3. The van der Waals surface area contributed by atoms with Crippen LogP contribution in [0.3, 0.4) is 0 Å². The lowest BCUT2D eigenvalue weighted by Crippen LogP contribution is -2.38. The zero-order chi connectivity index (χ0) is 22.8. The molecular weight excluding hydrogens is 523 g/mol. The summed E-state index contributed by atoms with van der Waals surface area (Å²) in [6.45, 7) is 3.31. The topological polar surface area (TPSA) is 66.5 Å². The Hall–Kier alpha value is -2.06. The molecule has 0 aromatic heterocycles. The average molecular weight is 542 g/mol. The van der Waals surface area contributed by atoms with Gasteiger partial charge in [0.2, 0.25) is 5.91 Å². The molecule has 3 rings (SSSR count). The second-order valence-electron chi connectivity index (χ2n) is 6.94. The van der Waals surface area contributed by atoms with Gasteiger partial charge in [0, 0.05) is 10.2 Å². The summed E-state index contributed by atoms with van der Waals surface area (Å²) in [6.07, 6.45) is 0. The lowest BCUT2D eigenvalue weighted by Gasteiger charge is -2.24. The molecule has 9 heteroatoms. The zero-order valence-electron chi connectivity index (χ0n) is 16.7. The Morgan fingerprint density at radius 1 is 0.968 bits per heavy atom. The first-order valence-corrected chi connectivity index (χ1v) is 12.2. The standard InChI is InChI=1S/C22H19BrCl2N2O3S/c1-14-3-7-18(8-4-14)31(29,30)27(17-6-10-20(24)21(25)12-17)13-22(28)26-16-5-9-19(23)15(2)11-16/h3-12H,13H2,1-2H3,(H,26,28). The van der Waals surface area contributed by atoms with Crippen LogP contribution in [0.1, 0.15) is 11.1 Å². The van der Waals surface area contributed by atoms with Crippen LogP contribution in [-0.2, 0) is 14.8 Å². The summed E-state index contributed by atoms with van der Waals surface area (Å²) >= 11 is 15.5. The summed E-state index contributed by atoms with van der Waals surface area (Å²) in [5, 5.41) is 3.22. The number of rotatable bonds is 6. The smallest absolute Gasteiger partial charge is 0.264 e. The third-order valence-electron chi connectivity index (χ3n) is 4.53. The van der Waals surface area contributed by atoms with Crippen molar-refractivity contribution in [2.24, 2.45) is 0 Å². The van der Waals surface area contributed by atoms with E-state index >= 15 is 0 Å². The van der Waals surface area contributed by atoms with Crippen molar-refractivity contribution in [2.75, 3.05) is 16.2 Å². The number of nitrogens with one attached hydrogen (secondary N) is 1. The summed E-state index contributed by atoms with van der Waals surface area (Å²) in [5.74, 6) is -0.497. The molecule has 0 fully saturated rings. The van der Waals surface area contributed by atoms with Crippen LogP contribution in [0.5, 0.6) is 0 Å². The van der Waals surface area contributed by atoms with Gasteiger partial charge in [0.15, 0.2) is 0 Å². The van der Waals surface area contributed by atoms with E-state index in [4.69, 9.17) is 23.2 Å². The molecule has 0 aliphatic rings. The Labute approximate surface area is 200 Å². The maximum Gasteiger partial charge on any atom is 0.264 e. The molecule has 0 aliphatic heterocycles. The van der Waals surface area contributed by atoms with Gasteiger partial charge in [-0.05, 0) is 67.9 Å². The van der Waals surface area contributed by atoms with Crippen LogP contribution in [0.15, 0.2) is 70.0 Å². The molecule has 0 saturated heterocycles. The number of carbonyl (C=O) groups is 1. The van der Waals surface area contributed by atoms with Crippen LogP contribution in [0.25, 0.3) is 0 Å². The first-order valence-electron chi connectivity index (χ1n) is 9.18. The Morgan fingerprint density at radius 3 is 2.26 bits per heavy atom. The first-order chi connectivity index (χ1) is 14.6. The first kappa shape index (κ1) is 23.6. The number of halogens is 3. The highest BCUT2D eigenvalue weighted by molar-refractivity contribution is 9.10. The van der Waals surface area contributed by atoms with Crippen LogP contribution >= 0.6 is 39.1 Å².